The molecular weight excluding hydrogens is 508 g/mol. The smallest absolute Gasteiger partial charge is 0.201 e. The lowest BCUT2D eigenvalue weighted by Crippen LogP contribution is -2.12. The van der Waals surface area contributed by atoms with E-state index in [9.17, 15) is 24.9 Å². The van der Waals surface area contributed by atoms with Gasteiger partial charge in [0.25, 0.3) is 0 Å². The van der Waals surface area contributed by atoms with E-state index in [1.807, 2.05) is 13.8 Å². The van der Waals surface area contributed by atoms with Crippen molar-refractivity contribution in [3.63, 3.8) is 0 Å². The Hall–Kier alpha value is -2.32. The molecule has 0 heterocycles. The zero-order valence-corrected chi connectivity index (χ0v) is 19.4. The molecule has 154 valence electrons. The number of carbonyl (C=O) groups is 2. The Balaban J connectivity index is 2.93. The predicted molar refractivity (Wildman–Crippen MR) is 117 cm³/mol. The van der Waals surface area contributed by atoms with Crippen molar-refractivity contribution in [2.75, 3.05) is 7.11 Å². The molecule has 0 spiro atoms. The van der Waals surface area contributed by atoms with Crippen molar-refractivity contribution >= 4 is 43.9 Å². The van der Waals surface area contributed by atoms with Gasteiger partial charge in [0, 0.05) is 17.2 Å². The van der Waals surface area contributed by atoms with Gasteiger partial charge in [0.05, 0.1) is 21.6 Å². The summed E-state index contributed by atoms with van der Waals surface area (Å²) in [7, 11) is 1.34. The van der Waals surface area contributed by atoms with Gasteiger partial charge in [-0.3, -0.25) is 9.59 Å². The van der Waals surface area contributed by atoms with Crippen molar-refractivity contribution in [1.82, 2.24) is 0 Å². The number of hydrogen-bond donors (Lipinski definition) is 3. The number of phenols is 3. The second kappa shape index (κ2) is 9.00. The maximum Gasteiger partial charge on any atom is 0.201 e. The maximum atomic E-state index is 13.5. The summed E-state index contributed by atoms with van der Waals surface area (Å²) >= 11 is 6.61. The molecule has 0 saturated carbocycles. The van der Waals surface area contributed by atoms with E-state index in [0.29, 0.717) is 16.3 Å². The molecule has 3 N–H and O–H groups in total. The quantitative estimate of drug-likeness (QED) is 0.271. The van der Waals surface area contributed by atoms with E-state index >= 15 is 0 Å². The van der Waals surface area contributed by atoms with Gasteiger partial charge >= 0.3 is 0 Å². The topological polar surface area (TPSA) is 104 Å². The lowest BCUT2D eigenvalue weighted by Gasteiger charge is -2.19. The summed E-state index contributed by atoms with van der Waals surface area (Å²) in [6, 6.07) is 1.02. The van der Waals surface area contributed by atoms with Crippen LogP contribution in [0.2, 0.25) is 0 Å². The van der Waals surface area contributed by atoms with E-state index < -0.39 is 11.5 Å². The van der Waals surface area contributed by atoms with Gasteiger partial charge < -0.3 is 20.1 Å². The second-order valence-electron chi connectivity index (χ2n) is 6.62. The standard InChI is InChI=1S/C21H20Br2O6/c1-9(2)5-6-11-13(25)7-14(26)12(8-24)15(11)19(27)16-20(28)17(22)10(3)18(23)21(16)29-4/h5,7-8,25-26,28H,6H2,1-4H3. The number of hydrogen-bond acceptors (Lipinski definition) is 6. The molecule has 0 amide bonds. The Kier molecular flexibility index (Phi) is 7.13. The summed E-state index contributed by atoms with van der Waals surface area (Å²) in [5, 5.41) is 31.2. The summed E-state index contributed by atoms with van der Waals surface area (Å²) in [4.78, 5) is 25.2. The van der Waals surface area contributed by atoms with Gasteiger partial charge in [-0.05, 0) is 64.6 Å². The molecule has 0 aliphatic rings. The predicted octanol–water partition coefficient (Wildman–Crippen LogP) is 5.20. The summed E-state index contributed by atoms with van der Waals surface area (Å²) in [5.41, 5.74) is 1.01. The van der Waals surface area contributed by atoms with E-state index in [0.717, 1.165) is 11.6 Å². The van der Waals surface area contributed by atoms with Crippen molar-refractivity contribution in [2.45, 2.75) is 27.2 Å². The van der Waals surface area contributed by atoms with Crippen LogP contribution >= 0.6 is 31.9 Å². The molecule has 0 fully saturated rings. The third-order valence-corrected chi connectivity index (χ3v) is 6.38. The van der Waals surface area contributed by atoms with Crippen molar-refractivity contribution in [3.05, 3.63) is 54.5 Å². The highest BCUT2D eigenvalue weighted by molar-refractivity contribution is 9.11. The molecule has 2 aromatic carbocycles. The van der Waals surface area contributed by atoms with Crippen molar-refractivity contribution in [3.8, 4) is 23.0 Å². The summed E-state index contributed by atoms with van der Waals surface area (Å²) in [5.74, 6) is -1.95. The van der Waals surface area contributed by atoms with Crippen LogP contribution in [0.15, 0.2) is 26.7 Å². The van der Waals surface area contributed by atoms with Crippen LogP contribution < -0.4 is 4.74 Å². The second-order valence-corrected chi connectivity index (χ2v) is 8.21. The molecule has 29 heavy (non-hydrogen) atoms. The number of aldehydes is 1. The highest BCUT2D eigenvalue weighted by atomic mass is 79.9. The van der Waals surface area contributed by atoms with E-state index in [1.54, 1.807) is 13.0 Å². The zero-order valence-electron chi connectivity index (χ0n) is 16.3. The number of carbonyl (C=O) groups excluding carboxylic acids is 2. The van der Waals surface area contributed by atoms with Gasteiger partial charge in [0.1, 0.15) is 28.6 Å². The number of aromatic hydroxyl groups is 3. The Labute approximate surface area is 185 Å². The minimum absolute atomic E-state index is 0.0704. The average molecular weight is 528 g/mol. The molecule has 6 nitrogen and oxygen atoms in total. The molecule has 0 bridgehead atoms. The van der Waals surface area contributed by atoms with Crippen LogP contribution in [0.1, 0.15) is 51.3 Å². The fourth-order valence-electron chi connectivity index (χ4n) is 2.90. The van der Waals surface area contributed by atoms with E-state index in [-0.39, 0.29) is 50.4 Å². The molecule has 0 atom stereocenters. The molecule has 0 aliphatic carbocycles. The normalized spacial score (nSPS) is 10.6. The number of allylic oxidation sites excluding steroid dienone is 2. The Morgan fingerprint density at radius 2 is 1.72 bits per heavy atom. The van der Waals surface area contributed by atoms with Gasteiger partial charge in [-0.1, -0.05) is 11.6 Å². The summed E-state index contributed by atoms with van der Waals surface area (Å²) < 4.78 is 6.05. The molecule has 8 heteroatoms. The Bertz CT molecular complexity index is 1040. The minimum Gasteiger partial charge on any atom is -0.507 e. The van der Waals surface area contributed by atoms with Crippen molar-refractivity contribution in [1.29, 1.82) is 0 Å². The van der Waals surface area contributed by atoms with Crippen LogP contribution in [0.5, 0.6) is 23.0 Å². The maximum absolute atomic E-state index is 13.5. The SMILES string of the molecule is COc1c(Br)c(C)c(Br)c(O)c1C(=O)c1c(C=O)c(O)cc(O)c1CC=C(C)C. The monoisotopic (exact) mass is 526 g/mol. The van der Waals surface area contributed by atoms with Crippen LogP contribution in [0.25, 0.3) is 0 Å². The lowest BCUT2D eigenvalue weighted by atomic mass is 9.89. The van der Waals surface area contributed by atoms with E-state index in [4.69, 9.17) is 4.74 Å². The van der Waals surface area contributed by atoms with Gasteiger partial charge in [0.15, 0.2) is 6.29 Å². The van der Waals surface area contributed by atoms with Gasteiger partial charge in [0.2, 0.25) is 5.78 Å². The number of halogens is 2. The first-order valence-electron chi connectivity index (χ1n) is 8.52. The Morgan fingerprint density at radius 1 is 1.10 bits per heavy atom. The first kappa shape index (κ1) is 23.0. The highest BCUT2D eigenvalue weighted by Gasteiger charge is 2.31. The molecule has 2 aromatic rings. The molecule has 0 unspecified atom stereocenters. The average Bonchev–Trinajstić information content (AvgIpc) is 2.66. The van der Waals surface area contributed by atoms with E-state index in [1.165, 1.54) is 7.11 Å². The zero-order chi connectivity index (χ0) is 22.0. The number of ketones is 1. The minimum atomic E-state index is -0.772. The fraction of sp³-hybridized carbons (Fsp3) is 0.238. The number of benzene rings is 2. The van der Waals surface area contributed by atoms with Gasteiger partial charge in [-0.25, -0.2) is 0 Å². The van der Waals surface area contributed by atoms with Crippen LogP contribution in [-0.4, -0.2) is 34.5 Å². The van der Waals surface area contributed by atoms with Gasteiger partial charge in [-0.15, -0.1) is 0 Å². The van der Waals surface area contributed by atoms with Crippen LogP contribution in [0.4, 0.5) is 0 Å². The molecule has 0 saturated heterocycles. The number of rotatable bonds is 6. The van der Waals surface area contributed by atoms with Crippen molar-refractivity contribution in [2.24, 2.45) is 0 Å². The van der Waals surface area contributed by atoms with Crippen LogP contribution in [-0.2, 0) is 6.42 Å². The third-order valence-electron chi connectivity index (χ3n) is 4.45. The highest BCUT2D eigenvalue weighted by Crippen LogP contribution is 2.46. The number of methoxy groups -OCH3 is 1. The molecule has 0 radical (unpaired) electrons. The summed E-state index contributed by atoms with van der Waals surface area (Å²) in [6.45, 7) is 5.41. The largest absolute Gasteiger partial charge is 0.507 e. The first-order valence-corrected chi connectivity index (χ1v) is 10.1. The first-order chi connectivity index (χ1) is 13.6. The van der Waals surface area contributed by atoms with Crippen molar-refractivity contribution < 1.29 is 29.6 Å². The number of phenolic OH excluding ortho intramolecular Hbond substituents is 3. The van der Waals surface area contributed by atoms with Gasteiger partial charge in [-0.2, -0.15) is 0 Å². The van der Waals surface area contributed by atoms with E-state index in [2.05, 4.69) is 31.9 Å². The molecule has 0 aromatic heterocycles. The molecule has 2 rings (SSSR count). The third kappa shape index (κ3) is 4.18. The molecule has 0 aliphatic heterocycles. The fourth-order valence-corrected chi connectivity index (χ4v) is 4.12. The Morgan fingerprint density at radius 3 is 2.24 bits per heavy atom. The molecular formula is C21H20Br2O6. The van der Waals surface area contributed by atoms with Crippen LogP contribution in [0, 0.1) is 6.92 Å². The number of ether oxygens (including phenoxy) is 1. The van der Waals surface area contributed by atoms with Crippen LogP contribution in [0.3, 0.4) is 0 Å². The summed E-state index contributed by atoms with van der Waals surface area (Å²) in [6.07, 6.45) is 2.26. The lowest BCUT2D eigenvalue weighted by molar-refractivity contribution is 0.102.